The van der Waals surface area contributed by atoms with Crippen molar-refractivity contribution < 1.29 is 9.53 Å². The molecule has 0 saturated heterocycles. The lowest BCUT2D eigenvalue weighted by Crippen LogP contribution is -2.31. The molecule has 1 aliphatic carbocycles. The summed E-state index contributed by atoms with van der Waals surface area (Å²) in [5.41, 5.74) is 2.88. The van der Waals surface area contributed by atoms with Gasteiger partial charge in [0.05, 0.1) is 0 Å². The number of carbonyl (C=O) groups is 1. The Hall–Kier alpha value is -0.790. The van der Waals surface area contributed by atoms with E-state index in [9.17, 15) is 4.79 Å². The zero-order valence-electron chi connectivity index (χ0n) is 10.5. The first kappa shape index (κ1) is 12.3. The molecule has 0 aromatic heterocycles. The van der Waals surface area contributed by atoms with E-state index in [0.717, 1.165) is 6.42 Å². The van der Waals surface area contributed by atoms with E-state index in [1.54, 1.807) is 0 Å². The Morgan fingerprint density at radius 3 is 2.67 bits per heavy atom. The van der Waals surface area contributed by atoms with E-state index in [0.29, 0.717) is 12.5 Å². The molecule has 86 valence electrons. The molecular weight excluding hydrogens is 188 g/mol. The summed E-state index contributed by atoms with van der Waals surface area (Å²) in [6.07, 6.45) is 2.38. The van der Waals surface area contributed by atoms with Crippen LogP contribution in [0.25, 0.3) is 0 Å². The van der Waals surface area contributed by atoms with Crippen LogP contribution in [0.4, 0.5) is 0 Å². The number of hydrogen-bond donors (Lipinski definition) is 0. The summed E-state index contributed by atoms with van der Waals surface area (Å²) < 4.78 is 5.14. The highest BCUT2D eigenvalue weighted by Crippen LogP contribution is 2.44. The minimum atomic E-state index is -0.190. The van der Waals surface area contributed by atoms with Gasteiger partial charge in [-0.1, -0.05) is 26.3 Å². The molecule has 0 fully saturated rings. The molecule has 0 aromatic rings. The topological polar surface area (TPSA) is 26.3 Å². The lowest BCUT2D eigenvalue weighted by atomic mass is 9.66. The van der Waals surface area contributed by atoms with Gasteiger partial charge in [0.15, 0.2) is 0 Å². The second-order valence-electron chi connectivity index (χ2n) is 5.20. The third kappa shape index (κ3) is 2.61. The third-order valence-corrected chi connectivity index (χ3v) is 3.90. The summed E-state index contributed by atoms with van der Waals surface area (Å²) in [7, 11) is 0. The van der Waals surface area contributed by atoms with Crippen LogP contribution in [-0.4, -0.2) is 12.6 Å². The van der Waals surface area contributed by atoms with Crippen molar-refractivity contribution in [3.8, 4) is 0 Å². The van der Waals surface area contributed by atoms with Crippen LogP contribution in [0.3, 0.4) is 0 Å². The van der Waals surface area contributed by atoms with Crippen molar-refractivity contribution in [2.45, 2.75) is 47.5 Å². The van der Waals surface area contributed by atoms with Gasteiger partial charge < -0.3 is 4.74 Å². The lowest BCUT2D eigenvalue weighted by molar-refractivity contribution is -0.140. The van der Waals surface area contributed by atoms with Crippen molar-refractivity contribution in [3.63, 3.8) is 0 Å². The van der Waals surface area contributed by atoms with Crippen LogP contribution < -0.4 is 0 Å². The maximum atomic E-state index is 10.8. The number of carbonyl (C=O) groups excluding carboxylic acids is 1. The normalized spacial score (nSPS) is 25.3. The van der Waals surface area contributed by atoms with Crippen LogP contribution >= 0.6 is 0 Å². The van der Waals surface area contributed by atoms with Gasteiger partial charge in [0.1, 0.15) is 6.61 Å². The quantitative estimate of drug-likeness (QED) is 0.516. The predicted molar refractivity (Wildman–Crippen MR) is 61.5 cm³/mol. The second-order valence-corrected chi connectivity index (χ2v) is 5.20. The van der Waals surface area contributed by atoms with E-state index >= 15 is 0 Å². The maximum Gasteiger partial charge on any atom is 0.302 e. The summed E-state index contributed by atoms with van der Waals surface area (Å²) >= 11 is 0. The Balaban J connectivity index is 2.85. The standard InChI is InChI=1S/C13H22O2/c1-9-6-7-10(2)13(4,5)12(9)8-15-11(3)14/h10H,6-8H2,1-5H3/t10-/m1/s1. The molecule has 2 heteroatoms. The zero-order chi connectivity index (χ0) is 11.6. The average molecular weight is 210 g/mol. The average Bonchev–Trinajstić information content (AvgIpc) is 2.11. The molecule has 0 saturated carbocycles. The van der Waals surface area contributed by atoms with Crippen molar-refractivity contribution >= 4 is 5.97 Å². The molecule has 1 atom stereocenters. The largest absolute Gasteiger partial charge is 0.461 e. The molecule has 0 spiro atoms. The van der Waals surface area contributed by atoms with E-state index in [4.69, 9.17) is 4.74 Å². The van der Waals surface area contributed by atoms with Crippen molar-refractivity contribution in [3.05, 3.63) is 11.1 Å². The SMILES string of the molecule is CC(=O)OCC1=C(C)CC[C@@H](C)C1(C)C. The summed E-state index contributed by atoms with van der Waals surface area (Å²) in [6.45, 7) is 10.9. The van der Waals surface area contributed by atoms with Crippen molar-refractivity contribution in [2.75, 3.05) is 6.61 Å². The molecule has 0 unspecified atom stereocenters. The highest BCUT2D eigenvalue weighted by molar-refractivity contribution is 5.66. The molecule has 0 amide bonds. The van der Waals surface area contributed by atoms with Crippen LogP contribution in [0.5, 0.6) is 0 Å². The summed E-state index contributed by atoms with van der Waals surface area (Å²) in [5.74, 6) is 0.469. The molecule has 1 aliphatic rings. The Kier molecular flexibility index (Phi) is 3.58. The molecule has 2 nitrogen and oxygen atoms in total. The second kappa shape index (κ2) is 4.38. The molecule has 15 heavy (non-hydrogen) atoms. The molecule has 0 bridgehead atoms. The predicted octanol–water partition coefficient (Wildman–Crippen LogP) is 3.32. The highest BCUT2D eigenvalue weighted by atomic mass is 16.5. The molecule has 1 rings (SSSR count). The Morgan fingerprint density at radius 2 is 2.13 bits per heavy atom. The van der Waals surface area contributed by atoms with Crippen molar-refractivity contribution in [1.29, 1.82) is 0 Å². The van der Waals surface area contributed by atoms with Crippen LogP contribution in [0.2, 0.25) is 0 Å². The smallest absolute Gasteiger partial charge is 0.302 e. The fourth-order valence-corrected chi connectivity index (χ4v) is 2.28. The number of allylic oxidation sites excluding steroid dienone is 1. The van der Waals surface area contributed by atoms with E-state index in [1.807, 2.05) is 0 Å². The molecule has 0 radical (unpaired) electrons. The van der Waals surface area contributed by atoms with Gasteiger partial charge in [-0.15, -0.1) is 0 Å². The fourth-order valence-electron chi connectivity index (χ4n) is 2.28. The monoisotopic (exact) mass is 210 g/mol. The third-order valence-electron chi connectivity index (χ3n) is 3.90. The van der Waals surface area contributed by atoms with Crippen LogP contribution in [0.15, 0.2) is 11.1 Å². The van der Waals surface area contributed by atoms with E-state index in [1.165, 1.54) is 24.5 Å². The van der Waals surface area contributed by atoms with Crippen LogP contribution in [0, 0.1) is 11.3 Å². The van der Waals surface area contributed by atoms with Gasteiger partial charge in [0.25, 0.3) is 0 Å². The van der Waals surface area contributed by atoms with Gasteiger partial charge in [-0.25, -0.2) is 0 Å². The van der Waals surface area contributed by atoms with Gasteiger partial charge in [-0.2, -0.15) is 0 Å². The van der Waals surface area contributed by atoms with E-state index in [-0.39, 0.29) is 11.4 Å². The fraction of sp³-hybridized carbons (Fsp3) is 0.769. The first-order valence-corrected chi connectivity index (χ1v) is 5.68. The first-order chi connectivity index (χ1) is 6.85. The number of rotatable bonds is 2. The van der Waals surface area contributed by atoms with E-state index < -0.39 is 0 Å². The minimum Gasteiger partial charge on any atom is -0.461 e. The van der Waals surface area contributed by atoms with Gasteiger partial charge in [0.2, 0.25) is 0 Å². The minimum absolute atomic E-state index is 0.164. The van der Waals surface area contributed by atoms with Gasteiger partial charge in [-0.05, 0) is 36.7 Å². The Labute approximate surface area is 92.7 Å². The van der Waals surface area contributed by atoms with Crippen LogP contribution in [-0.2, 0) is 9.53 Å². The first-order valence-electron chi connectivity index (χ1n) is 5.68. The zero-order valence-corrected chi connectivity index (χ0v) is 10.5. The Bertz CT molecular complexity index is 287. The summed E-state index contributed by atoms with van der Waals surface area (Å²) in [4.78, 5) is 10.8. The molecular formula is C13H22O2. The lowest BCUT2D eigenvalue weighted by Gasteiger charge is -2.39. The summed E-state index contributed by atoms with van der Waals surface area (Å²) in [6, 6.07) is 0. The summed E-state index contributed by atoms with van der Waals surface area (Å²) in [5, 5.41) is 0. The molecule has 0 aliphatic heterocycles. The molecule has 0 N–H and O–H groups in total. The molecule has 0 aromatic carbocycles. The van der Waals surface area contributed by atoms with Gasteiger partial charge in [0, 0.05) is 6.92 Å². The van der Waals surface area contributed by atoms with Gasteiger partial charge in [-0.3, -0.25) is 4.79 Å². The van der Waals surface area contributed by atoms with Crippen molar-refractivity contribution in [2.24, 2.45) is 11.3 Å². The Morgan fingerprint density at radius 1 is 1.53 bits per heavy atom. The highest BCUT2D eigenvalue weighted by Gasteiger charge is 2.34. The van der Waals surface area contributed by atoms with E-state index in [2.05, 4.69) is 27.7 Å². The molecule has 0 heterocycles. The van der Waals surface area contributed by atoms with Gasteiger partial charge >= 0.3 is 5.97 Å². The number of esters is 1. The van der Waals surface area contributed by atoms with Crippen LogP contribution in [0.1, 0.15) is 47.5 Å². The number of ether oxygens (including phenoxy) is 1. The maximum absolute atomic E-state index is 10.8. The number of hydrogen-bond acceptors (Lipinski definition) is 2. The van der Waals surface area contributed by atoms with Crippen molar-refractivity contribution in [1.82, 2.24) is 0 Å².